The molecular weight excluding hydrogens is 418 g/mol. The maximum absolute atomic E-state index is 12.4. The lowest BCUT2D eigenvalue weighted by Gasteiger charge is -2.09. The van der Waals surface area contributed by atoms with Gasteiger partial charge in [-0.15, -0.1) is 0 Å². The molecule has 0 radical (unpaired) electrons. The molecule has 1 amide bonds. The Labute approximate surface area is 190 Å². The first-order valence-corrected chi connectivity index (χ1v) is 10.3. The minimum Gasteiger partial charge on any atom is -0.488 e. The van der Waals surface area contributed by atoms with Crippen molar-refractivity contribution in [2.45, 2.75) is 13.0 Å². The molecule has 7 heteroatoms. The Balaban J connectivity index is 1.37. The molecule has 0 aliphatic rings. The van der Waals surface area contributed by atoms with Gasteiger partial charge < -0.3 is 4.74 Å². The number of non-ortho nitro benzene ring substituents is 1. The number of nitro groups is 1. The number of benzene rings is 4. The number of hydrogen-bond acceptors (Lipinski definition) is 5. The molecule has 4 aromatic carbocycles. The number of fused-ring (bicyclic) bond motifs is 1. The van der Waals surface area contributed by atoms with Gasteiger partial charge in [0.05, 0.1) is 17.6 Å². The van der Waals surface area contributed by atoms with Gasteiger partial charge in [0.2, 0.25) is 5.91 Å². The molecule has 0 heterocycles. The number of nitro benzene ring substituents is 1. The highest BCUT2D eigenvalue weighted by atomic mass is 16.6. The second-order valence-corrected chi connectivity index (χ2v) is 7.36. The quantitative estimate of drug-likeness (QED) is 0.237. The number of hydrogen-bond donors (Lipinski definition) is 1. The lowest BCUT2D eigenvalue weighted by Crippen LogP contribution is -2.20. The Bertz CT molecular complexity index is 1310. The number of amides is 1. The number of nitrogens with zero attached hydrogens (tertiary/aromatic N) is 2. The van der Waals surface area contributed by atoms with E-state index in [1.165, 1.54) is 18.3 Å². The number of ether oxygens (including phenoxy) is 1. The van der Waals surface area contributed by atoms with E-state index in [0.29, 0.717) is 11.3 Å². The minimum atomic E-state index is -0.440. The van der Waals surface area contributed by atoms with Gasteiger partial charge in [-0.25, -0.2) is 5.43 Å². The number of para-hydroxylation sites is 1. The number of hydrazone groups is 1. The fourth-order valence-electron chi connectivity index (χ4n) is 3.43. The van der Waals surface area contributed by atoms with Gasteiger partial charge in [0.1, 0.15) is 12.4 Å². The van der Waals surface area contributed by atoms with Crippen LogP contribution in [0.4, 0.5) is 5.69 Å². The highest BCUT2D eigenvalue weighted by molar-refractivity contribution is 5.91. The van der Waals surface area contributed by atoms with E-state index in [0.717, 1.165) is 21.9 Å². The third kappa shape index (κ3) is 5.59. The van der Waals surface area contributed by atoms with E-state index < -0.39 is 4.92 Å². The molecule has 0 aromatic heterocycles. The van der Waals surface area contributed by atoms with Crippen LogP contribution in [0.2, 0.25) is 0 Å². The molecule has 1 N–H and O–H groups in total. The molecule has 0 aliphatic carbocycles. The summed E-state index contributed by atoms with van der Waals surface area (Å²) in [6.45, 7) is 0.246. The van der Waals surface area contributed by atoms with Crippen LogP contribution in [0.25, 0.3) is 10.8 Å². The van der Waals surface area contributed by atoms with Crippen molar-refractivity contribution in [2.75, 3.05) is 0 Å². The molecule has 4 rings (SSSR count). The van der Waals surface area contributed by atoms with Gasteiger partial charge in [0.15, 0.2) is 0 Å². The molecule has 4 aromatic rings. The molecule has 0 bridgehead atoms. The summed E-state index contributed by atoms with van der Waals surface area (Å²) in [5, 5.41) is 17.0. The zero-order valence-electron chi connectivity index (χ0n) is 17.7. The summed E-state index contributed by atoms with van der Waals surface area (Å²) in [7, 11) is 0. The molecule has 33 heavy (non-hydrogen) atoms. The molecule has 0 atom stereocenters. The van der Waals surface area contributed by atoms with Gasteiger partial charge >= 0.3 is 0 Å². The molecule has 0 saturated heterocycles. The van der Waals surface area contributed by atoms with Gasteiger partial charge in [-0.3, -0.25) is 14.9 Å². The first-order valence-electron chi connectivity index (χ1n) is 10.3. The van der Waals surface area contributed by atoms with Crippen molar-refractivity contribution in [1.29, 1.82) is 0 Å². The third-order valence-electron chi connectivity index (χ3n) is 5.08. The third-order valence-corrected chi connectivity index (χ3v) is 5.08. The van der Waals surface area contributed by atoms with Crippen molar-refractivity contribution in [1.82, 2.24) is 5.43 Å². The SMILES string of the molecule is O=C(Cc1cccc2ccccc12)N/N=C\c1ccccc1OCc1ccc([N+](=O)[O-])cc1. The highest BCUT2D eigenvalue weighted by Crippen LogP contribution is 2.20. The first-order chi connectivity index (χ1) is 16.1. The summed E-state index contributed by atoms with van der Waals surface area (Å²) in [6.07, 6.45) is 1.75. The number of carbonyl (C=O) groups is 1. The van der Waals surface area contributed by atoms with Crippen LogP contribution in [0.5, 0.6) is 5.75 Å². The summed E-state index contributed by atoms with van der Waals surface area (Å²) in [5.41, 5.74) is 5.04. The van der Waals surface area contributed by atoms with Gasteiger partial charge in [-0.2, -0.15) is 5.10 Å². The zero-order valence-corrected chi connectivity index (χ0v) is 17.7. The average Bonchev–Trinajstić information content (AvgIpc) is 2.84. The standard InChI is InChI=1S/C26H21N3O4/c30-26(16-21-9-5-8-20-6-1-3-10-24(20)21)28-27-17-22-7-2-4-11-25(22)33-18-19-12-14-23(15-13-19)29(31)32/h1-15,17H,16,18H2,(H,28,30)/b27-17-. The molecule has 0 unspecified atom stereocenters. The Morgan fingerprint density at radius 1 is 0.939 bits per heavy atom. The molecule has 0 aliphatic heterocycles. The molecule has 164 valence electrons. The number of carbonyl (C=O) groups excluding carboxylic acids is 1. The van der Waals surface area contributed by atoms with E-state index in [1.54, 1.807) is 18.2 Å². The minimum absolute atomic E-state index is 0.0329. The van der Waals surface area contributed by atoms with E-state index in [4.69, 9.17) is 4.74 Å². The monoisotopic (exact) mass is 439 g/mol. The predicted octanol–water partition coefficient (Wildman–Crippen LogP) is 5.02. The first kappa shape index (κ1) is 21.7. The largest absolute Gasteiger partial charge is 0.488 e. The second-order valence-electron chi connectivity index (χ2n) is 7.36. The molecular formula is C26H21N3O4. The Kier molecular flexibility index (Phi) is 6.70. The van der Waals surface area contributed by atoms with Crippen LogP contribution in [-0.2, 0) is 17.8 Å². The van der Waals surface area contributed by atoms with E-state index in [9.17, 15) is 14.9 Å². The highest BCUT2D eigenvalue weighted by Gasteiger charge is 2.07. The summed E-state index contributed by atoms with van der Waals surface area (Å²) in [6, 6.07) is 27.3. The Morgan fingerprint density at radius 3 is 2.48 bits per heavy atom. The van der Waals surface area contributed by atoms with Crippen LogP contribution in [0.1, 0.15) is 16.7 Å². The van der Waals surface area contributed by atoms with Crippen molar-refractivity contribution in [2.24, 2.45) is 5.10 Å². The van der Waals surface area contributed by atoms with Crippen LogP contribution in [0.15, 0.2) is 96.1 Å². The molecule has 0 spiro atoms. The van der Waals surface area contributed by atoms with Crippen molar-refractivity contribution in [3.8, 4) is 5.75 Å². The normalized spacial score (nSPS) is 10.9. The summed E-state index contributed by atoms with van der Waals surface area (Å²) in [5.74, 6) is 0.370. The smallest absolute Gasteiger partial charge is 0.269 e. The van der Waals surface area contributed by atoms with E-state index in [-0.39, 0.29) is 24.6 Å². The fraction of sp³-hybridized carbons (Fsp3) is 0.0769. The van der Waals surface area contributed by atoms with Gasteiger partial charge in [0, 0.05) is 17.7 Å². The van der Waals surface area contributed by atoms with Crippen LogP contribution in [-0.4, -0.2) is 17.0 Å². The number of nitrogens with one attached hydrogen (secondary N) is 1. The molecule has 0 saturated carbocycles. The van der Waals surface area contributed by atoms with E-state index in [1.807, 2.05) is 60.7 Å². The summed E-state index contributed by atoms with van der Waals surface area (Å²) < 4.78 is 5.85. The lowest BCUT2D eigenvalue weighted by atomic mass is 10.0. The molecule has 7 nitrogen and oxygen atoms in total. The van der Waals surface area contributed by atoms with Crippen molar-refractivity contribution >= 4 is 28.6 Å². The second kappa shape index (κ2) is 10.2. The maximum atomic E-state index is 12.4. The average molecular weight is 439 g/mol. The van der Waals surface area contributed by atoms with Crippen LogP contribution in [0, 0.1) is 10.1 Å². The van der Waals surface area contributed by atoms with Crippen molar-refractivity contribution in [3.63, 3.8) is 0 Å². The zero-order chi connectivity index (χ0) is 23.0. The van der Waals surface area contributed by atoms with E-state index in [2.05, 4.69) is 10.5 Å². The number of rotatable bonds is 8. The van der Waals surface area contributed by atoms with Crippen LogP contribution < -0.4 is 10.2 Å². The van der Waals surface area contributed by atoms with E-state index >= 15 is 0 Å². The fourth-order valence-corrected chi connectivity index (χ4v) is 3.43. The van der Waals surface area contributed by atoms with Gasteiger partial charge in [-0.1, -0.05) is 54.6 Å². The van der Waals surface area contributed by atoms with Crippen molar-refractivity contribution < 1.29 is 14.5 Å². The van der Waals surface area contributed by atoms with Crippen LogP contribution in [0.3, 0.4) is 0 Å². The van der Waals surface area contributed by atoms with Gasteiger partial charge in [0.25, 0.3) is 5.69 Å². The Hall–Kier alpha value is -4.52. The van der Waals surface area contributed by atoms with Gasteiger partial charge in [-0.05, 0) is 46.2 Å². The lowest BCUT2D eigenvalue weighted by molar-refractivity contribution is -0.384. The predicted molar refractivity (Wildman–Crippen MR) is 127 cm³/mol. The Morgan fingerprint density at radius 2 is 1.67 bits per heavy atom. The van der Waals surface area contributed by atoms with Crippen LogP contribution >= 0.6 is 0 Å². The maximum Gasteiger partial charge on any atom is 0.269 e. The summed E-state index contributed by atoms with van der Waals surface area (Å²) in [4.78, 5) is 22.7. The summed E-state index contributed by atoms with van der Waals surface area (Å²) >= 11 is 0. The molecule has 0 fully saturated rings. The van der Waals surface area contributed by atoms with Crippen molar-refractivity contribution in [3.05, 3.63) is 118 Å². The topological polar surface area (TPSA) is 93.8 Å².